The zero-order chi connectivity index (χ0) is 17.7. The van der Waals surface area contributed by atoms with Gasteiger partial charge in [0.1, 0.15) is 6.54 Å². The quantitative estimate of drug-likeness (QED) is 0.324. The smallest absolute Gasteiger partial charge is 0.242 e. The van der Waals surface area contributed by atoms with Gasteiger partial charge in [-0.25, -0.2) is 4.99 Å². The molecule has 0 aliphatic heterocycles. The molecule has 0 saturated carbocycles. The van der Waals surface area contributed by atoms with Crippen LogP contribution in [0.3, 0.4) is 0 Å². The summed E-state index contributed by atoms with van der Waals surface area (Å²) in [6.07, 6.45) is 2.26. The molecule has 0 aromatic carbocycles. The van der Waals surface area contributed by atoms with Crippen LogP contribution >= 0.6 is 0 Å². The number of hydrogen-bond acceptors (Lipinski definition) is 3. The maximum atomic E-state index is 11.8. The Kier molecular flexibility index (Phi) is 11.5. The number of unbranched alkanes of at least 4 members (excludes halogenated alkanes) is 1. The maximum Gasteiger partial charge on any atom is 0.242 e. The molecule has 0 radical (unpaired) electrons. The lowest BCUT2D eigenvalue weighted by atomic mass is 10.1. The summed E-state index contributed by atoms with van der Waals surface area (Å²) in [5.41, 5.74) is -0.219. The topological polar surface area (TPSA) is 68.8 Å². The highest BCUT2D eigenvalue weighted by atomic mass is 16.2. The molecule has 0 unspecified atom stereocenters. The van der Waals surface area contributed by atoms with E-state index in [0.717, 1.165) is 39.1 Å². The molecule has 0 bridgehead atoms. The molecular formula is C17H37N5O. The highest BCUT2D eigenvalue weighted by Gasteiger charge is 2.13. The molecule has 0 heterocycles. The summed E-state index contributed by atoms with van der Waals surface area (Å²) >= 11 is 0. The number of hydrogen-bond donors (Lipinski definition) is 3. The molecular weight excluding hydrogens is 290 g/mol. The summed E-state index contributed by atoms with van der Waals surface area (Å²) in [4.78, 5) is 18.6. The van der Waals surface area contributed by atoms with E-state index in [1.165, 1.54) is 6.42 Å². The van der Waals surface area contributed by atoms with Gasteiger partial charge in [-0.3, -0.25) is 4.79 Å². The summed E-state index contributed by atoms with van der Waals surface area (Å²) in [6, 6.07) is 0. The molecule has 0 fully saturated rings. The third kappa shape index (κ3) is 12.9. The summed E-state index contributed by atoms with van der Waals surface area (Å²) in [5, 5.41) is 9.37. The number of nitrogens with one attached hydrogen (secondary N) is 3. The predicted molar refractivity (Wildman–Crippen MR) is 98.9 cm³/mol. The van der Waals surface area contributed by atoms with Gasteiger partial charge in [0.2, 0.25) is 5.91 Å². The lowest BCUT2D eigenvalue weighted by Crippen LogP contribution is -2.43. The van der Waals surface area contributed by atoms with E-state index in [2.05, 4.69) is 39.7 Å². The van der Waals surface area contributed by atoms with Crippen molar-refractivity contribution in [2.45, 2.75) is 59.9 Å². The molecule has 6 heteroatoms. The van der Waals surface area contributed by atoms with Gasteiger partial charge in [-0.15, -0.1) is 0 Å². The van der Waals surface area contributed by atoms with Crippen molar-refractivity contribution in [3.05, 3.63) is 0 Å². The largest absolute Gasteiger partial charge is 0.357 e. The second-order valence-corrected chi connectivity index (χ2v) is 6.65. The lowest BCUT2D eigenvalue weighted by molar-refractivity contribution is -0.121. The minimum Gasteiger partial charge on any atom is -0.357 e. The first-order valence-corrected chi connectivity index (χ1v) is 8.87. The Balaban J connectivity index is 4.10. The highest BCUT2D eigenvalue weighted by Crippen LogP contribution is 1.97. The molecule has 1 amide bonds. The van der Waals surface area contributed by atoms with Gasteiger partial charge < -0.3 is 20.9 Å². The number of rotatable bonds is 10. The van der Waals surface area contributed by atoms with Crippen LogP contribution in [0.4, 0.5) is 0 Å². The fraction of sp³-hybridized carbons (Fsp3) is 0.882. The van der Waals surface area contributed by atoms with Crippen LogP contribution in [0.5, 0.6) is 0 Å². The molecule has 0 atom stereocenters. The summed E-state index contributed by atoms with van der Waals surface area (Å²) in [6.45, 7) is 17.5. The maximum absolute atomic E-state index is 11.8. The van der Waals surface area contributed by atoms with E-state index in [0.29, 0.717) is 5.96 Å². The lowest BCUT2D eigenvalue weighted by Gasteiger charge is -2.20. The third-order valence-electron chi connectivity index (χ3n) is 3.33. The second-order valence-electron chi connectivity index (χ2n) is 6.65. The van der Waals surface area contributed by atoms with Crippen molar-refractivity contribution in [3.8, 4) is 0 Å². The normalized spacial score (nSPS) is 12.4. The molecule has 0 spiro atoms. The Bertz CT molecular complexity index is 345. The van der Waals surface area contributed by atoms with E-state index in [4.69, 9.17) is 0 Å². The van der Waals surface area contributed by atoms with E-state index in [9.17, 15) is 4.79 Å². The van der Waals surface area contributed by atoms with Crippen LogP contribution in [-0.2, 0) is 4.79 Å². The summed E-state index contributed by atoms with van der Waals surface area (Å²) in [7, 11) is 0. The standard InChI is InChI=1S/C17H37N5O/c1-7-18-16(20-14-15(23)21-17(4,5)6)19-12-10-11-13-22(8-2)9-3/h7-14H2,1-6H3,(H,21,23)(H2,18,19,20). The van der Waals surface area contributed by atoms with Crippen LogP contribution in [0.2, 0.25) is 0 Å². The van der Waals surface area contributed by atoms with Gasteiger partial charge in [0.15, 0.2) is 5.96 Å². The van der Waals surface area contributed by atoms with Crippen LogP contribution in [0.25, 0.3) is 0 Å². The van der Waals surface area contributed by atoms with Crippen LogP contribution in [0, 0.1) is 0 Å². The molecule has 6 nitrogen and oxygen atoms in total. The predicted octanol–water partition coefficient (Wildman–Crippen LogP) is 1.58. The van der Waals surface area contributed by atoms with Gasteiger partial charge in [-0.2, -0.15) is 0 Å². The molecule has 0 rings (SSSR count). The molecule has 0 aliphatic rings. The number of guanidine groups is 1. The molecule has 0 aliphatic carbocycles. The van der Waals surface area contributed by atoms with Gasteiger partial charge >= 0.3 is 0 Å². The van der Waals surface area contributed by atoms with Gasteiger partial charge in [0.25, 0.3) is 0 Å². The third-order valence-corrected chi connectivity index (χ3v) is 3.33. The molecule has 0 saturated heterocycles. The van der Waals surface area contributed by atoms with E-state index in [1.54, 1.807) is 0 Å². The average Bonchev–Trinajstić information content (AvgIpc) is 2.46. The summed E-state index contributed by atoms with van der Waals surface area (Å²) in [5.74, 6) is 0.649. The number of aliphatic imine (C=N–C) groups is 1. The fourth-order valence-corrected chi connectivity index (χ4v) is 2.16. The van der Waals surface area contributed by atoms with Crippen LogP contribution < -0.4 is 16.0 Å². The van der Waals surface area contributed by atoms with Crippen molar-refractivity contribution in [3.63, 3.8) is 0 Å². The van der Waals surface area contributed by atoms with Crippen molar-refractivity contribution in [2.24, 2.45) is 4.99 Å². The Morgan fingerprint density at radius 1 is 1.04 bits per heavy atom. The SMILES string of the molecule is CCNC(=NCC(=O)NC(C)(C)C)NCCCCN(CC)CC. The zero-order valence-electron chi connectivity index (χ0n) is 16.0. The number of carbonyl (C=O) groups excluding carboxylic acids is 1. The average molecular weight is 328 g/mol. The van der Waals surface area contributed by atoms with Crippen molar-refractivity contribution in [1.82, 2.24) is 20.9 Å². The van der Waals surface area contributed by atoms with E-state index < -0.39 is 0 Å². The van der Waals surface area contributed by atoms with E-state index in [1.807, 2.05) is 27.7 Å². The Hall–Kier alpha value is -1.30. The van der Waals surface area contributed by atoms with Gasteiger partial charge in [0.05, 0.1) is 0 Å². The van der Waals surface area contributed by atoms with Gasteiger partial charge in [0, 0.05) is 18.6 Å². The summed E-state index contributed by atoms with van der Waals surface area (Å²) < 4.78 is 0. The Morgan fingerprint density at radius 2 is 1.70 bits per heavy atom. The molecule has 0 aromatic rings. The zero-order valence-corrected chi connectivity index (χ0v) is 16.0. The number of nitrogens with zero attached hydrogens (tertiary/aromatic N) is 2. The van der Waals surface area contributed by atoms with Crippen molar-refractivity contribution in [2.75, 3.05) is 39.3 Å². The number of amides is 1. The van der Waals surface area contributed by atoms with Gasteiger partial charge in [-0.1, -0.05) is 13.8 Å². The first-order chi connectivity index (χ1) is 10.8. The monoisotopic (exact) mass is 327 g/mol. The molecule has 0 aromatic heterocycles. The van der Waals surface area contributed by atoms with Crippen molar-refractivity contribution >= 4 is 11.9 Å². The van der Waals surface area contributed by atoms with E-state index in [-0.39, 0.29) is 18.0 Å². The molecule has 136 valence electrons. The second kappa shape index (κ2) is 12.2. The first kappa shape index (κ1) is 21.7. The highest BCUT2D eigenvalue weighted by molar-refractivity contribution is 5.85. The Labute approximate surface area is 142 Å². The number of carbonyl (C=O) groups is 1. The van der Waals surface area contributed by atoms with Gasteiger partial charge in [-0.05, 0) is 60.2 Å². The van der Waals surface area contributed by atoms with Crippen molar-refractivity contribution < 1.29 is 4.79 Å². The first-order valence-electron chi connectivity index (χ1n) is 8.87. The fourth-order valence-electron chi connectivity index (χ4n) is 2.16. The minimum atomic E-state index is -0.219. The molecule has 3 N–H and O–H groups in total. The van der Waals surface area contributed by atoms with Crippen molar-refractivity contribution in [1.29, 1.82) is 0 Å². The van der Waals surface area contributed by atoms with Crippen LogP contribution in [-0.4, -0.2) is 61.6 Å². The Morgan fingerprint density at radius 3 is 2.22 bits per heavy atom. The van der Waals surface area contributed by atoms with Crippen LogP contribution in [0.15, 0.2) is 4.99 Å². The van der Waals surface area contributed by atoms with E-state index >= 15 is 0 Å². The molecule has 23 heavy (non-hydrogen) atoms. The van der Waals surface area contributed by atoms with Crippen LogP contribution in [0.1, 0.15) is 54.4 Å². The minimum absolute atomic E-state index is 0.0590.